The Hall–Kier alpha value is -2.80. The average Bonchev–Trinajstić information content (AvgIpc) is 3.11. The molecular weight excluding hydrogens is 338 g/mol. The van der Waals surface area contributed by atoms with Gasteiger partial charge in [0.2, 0.25) is 5.91 Å². The molecule has 0 radical (unpaired) electrons. The largest absolute Gasteiger partial charge is 0.496 e. The Bertz CT molecular complexity index is 879. The molecular formula is C18H17N3O3S. The number of methoxy groups -OCH3 is 1. The van der Waals surface area contributed by atoms with E-state index in [0.29, 0.717) is 22.4 Å². The number of ether oxygens (including phenoxy) is 1. The second-order valence-corrected chi connectivity index (χ2v) is 6.15. The highest BCUT2D eigenvalue weighted by atomic mass is 32.2. The number of carbonyl (C=O) groups excluding carboxylic acids is 1. The van der Waals surface area contributed by atoms with Crippen LogP contribution in [0, 0.1) is 6.92 Å². The van der Waals surface area contributed by atoms with E-state index in [2.05, 4.69) is 15.5 Å². The molecule has 2 aromatic carbocycles. The Morgan fingerprint density at radius 2 is 1.92 bits per heavy atom. The first-order chi connectivity index (χ1) is 12.2. The standard InChI is InChI=1S/C18H17N3O3S/c1-12-7-3-5-9-14(12)19-16(22)11-25-18-21-20-17(24-18)13-8-4-6-10-15(13)23-2/h3-10H,11H2,1-2H3,(H,19,22). The van der Waals surface area contributed by atoms with E-state index in [1.165, 1.54) is 11.8 Å². The number of amides is 1. The molecule has 0 saturated carbocycles. The van der Waals surface area contributed by atoms with Gasteiger partial charge in [-0.25, -0.2) is 0 Å². The van der Waals surface area contributed by atoms with Crippen LogP contribution < -0.4 is 10.1 Å². The van der Waals surface area contributed by atoms with Crippen LogP contribution in [0.2, 0.25) is 0 Å². The lowest BCUT2D eigenvalue weighted by molar-refractivity contribution is -0.113. The molecule has 1 aromatic heterocycles. The second-order valence-electron chi connectivity index (χ2n) is 5.23. The number of para-hydroxylation sites is 2. The monoisotopic (exact) mass is 355 g/mol. The van der Waals surface area contributed by atoms with Gasteiger partial charge in [-0.1, -0.05) is 42.1 Å². The SMILES string of the molecule is COc1ccccc1-c1nnc(SCC(=O)Nc2ccccc2C)o1. The van der Waals surface area contributed by atoms with Gasteiger partial charge in [-0.05, 0) is 30.7 Å². The maximum absolute atomic E-state index is 12.1. The summed E-state index contributed by atoms with van der Waals surface area (Å²) in [6.45, 7) is 1.94. The fourth-order valence-corrected chi connectivity index (χ4v) is 2.79. The number of aryl methyl sites for hydroxylation is 1. The van der Waals surface area contributed by atoms with Crippen LogP contribution in [0.5, 0.6) is 5.75 Å². The fourth-order valence-electron chi connectivity index (χ4n) is 2.22. The summed E-state index contributed by atoms with van der Waals surface area (Å²) in [7, 11) is 1.58. The van der Waals surface area contributed by atoms with E-state index in [9.17, 15) is 4.79 Å². The van der Waals surface area contributed by atoms with Gasteiger partial charge in [-0.2, -0.15) is 0 Å². The summed E-state index contributed by atoms with van der Waals surface area (Å²) < 4.78 is 10.9. The number of benzene rings is 2. The summed E-state index contributed by atoms with van der Waals surface area (Å²) in [5.41, 5.74) is 2.53. The van der Waals surface area contributed by atoms with Crippen LogP contribution in [0.3, 0.4) is 0 Å². The zero-order valence-electron chi connectivity index (χ0n) is 13.9. The van der Waals surface area contributed by atoms with Gasteiger partial charge < -0.3 is 14.5 Å². The van der Waals surface area contributed by atoms with Gasteiger partial charge >= 0.3 is 0 Å². The van der Waals surface area contributed by atoms with Crippen molar-refractivity contribution < 1.29 is 13.9 Å². The minimum absolute atomic E-state index is 0.128. The number of carbonyl (C=O) groups is 1. The van der Waals surface area contributed by atoms with Crippen LogP contribution in [0.4, 0.5) is 5.69 Å². The Balaban J connectivity index is 1.62. The second kappa shape index (κ2) is 7.85. The molecule has 0 unspecified atom stereocenters. The molecule has 0 saturated heterocycles. The molecule has 1 amide bonds. The van der Waals surface area contributed by atoms with Gasteiger partial charge in [0, 0.05) is 5.69 Å². The van der Waals surface area contributed by atoms with Crippen LogP contribution in [-0.2, 0) is 4.79 Å². The third-order valence-corrected chi connectivity index (χ3v) is 4.31. The minimum Gasteiger partial charge on any atom is -0.496 e. The molecule has 25 heavy (non-hydrogen) atoms. The highest BCUT2D eigenvalue weighted by Crippen LogP contribution is 2.30. The van der Waals surface area contributed by atoms with Crippen LogP contribution in [0.15, 0.2) is 58.2 Å². The fraction of sp³-hybridized carbons (Fsp3) is 0.167. The Morgan fingerprint density at radius 3 is 2.72 bits per heavy atom. The van der Waals surface area contributed by atoms with Crippen molar-refractivity contribution in [1.82, 2.24) is 10.2 Å². The van der Waals surface area contributed by atoms with E-state index in [1.807, 2.05) is 55.5 Å². The number of nitrogens with zero attached hydrogens (tertiary/aromatic N) is 2. The summed E-state index contributed by atoms with van der Waals surface area (Å²) in [5.74, 6) is 1.07. The molecule has 3 rings (SSSR count). The van der Waals surface area contributed by atoms with Gasteiger partial charge in [0.1, 0.15) is 5.75 Å². The molecule has 3 aromatic rings. The number of thioether (sulfide) groups is 1. The molecule has 0 atom stereocenters. The quantitative estimate of drug-likeness (QED) is 0.678. The van der Waals surface area contributed by atoms with Crippen LogP contribution in [-0.4, -0.2) is 29.0 Å². The molecule has 128 valence electrons. The predicted molar refractivity (Wildman–Crippen MR) is 96.8 cm³/mol. The minimum atomic E-state index is -0.128. The highest BCUT2D eigenvalue weighted by Gasteiger charge is 2.14. The van der Waals surface area contributed by atoms with Gasteiger partial charge in [-0.15, -0.1) is 10.2 Å². The van der Waals surface area contributed by atoms with Crippen molar-refractivity contribution in [2.45, 2.75) is 12.1 Å². The van der Waals surface area contributed by atoms with Crippen molar-refractivity contribution in [3.8, 4) is 17.2 Å². The molecule has 0 fully saturated rings. The maximum atomic E-state index is 12.1. The third-order valence-electron chi connectivity index (χ3n) is 3.49. The first kappa shape index (κ1) is 17.0. The van der Waals surface area contributed by atoms with Crippen molar-refractivity contribution in [2.75, 3.05) is 18.2 Å². The number of aromatic nitrogens is 2. The molecule has 1 N–H and O–H groups in total. The summed E-state index contributed by atoms with van der Waals surface area (Å²) in [5, 5.41) is 11.2. The molecule has 0 aliphatic rings. The lowest BCUT2D eigenvalue weighted by Gasteiger charge is -2.06. The van der Waals surface area contributed by atoms with E-state index in [0.717, 1.165) is 11.3 Å². The van der Waals surface area contributed by atoms with E-state index >= 15 is 0 Å². The summed E-state index contributed by atoms with van der Waals surface area (Å²) in [6, 6.07) is 15.0. The van der Waals surface area contributed by atoms with Crippen molar-refractivity contribution in [3.63, 3.8) is 0 Å². The molecule has 1 heterocycles. The topological polar surface area (TPSA) is 77.2 Å². The smallest absolute Gasteiger partial charge is 0.277 e. The zero-order chi connectivity index (χ0) is 17.6. The predicted octanol–water partition coefficient (Wildman–Crippen LogP) is 3.78. The normalized spacial score (nSPS) is 10.5. The molecule has 0 aliphatic heterocycles. The van der Waals surface area contributed by atoms with Gasteiger partial charge in [0.05, 0.1) is 18.4 Å². The van der Waals surface area contributed by atoms with Crippen molar-refractivity contribution in [2.24, 2.45) is 0 Å². The summed E-state index contributed by atoms with van der Waals surface area (Å²) in [6.07, 6.45) is 0. The summed E-state index contributed by atoms with van der Waals surface area (Å²) in [4.78, 5) is 12.1. The Labute approximate surface area is 149 Å². The Morgan fingerprint density at radius 1 is 1.16 bits per heavy atom. The van der Waals surface area contributed by atoms with Crippen LogP contribution in [0.25, 0.3) is 11.5 Å². The van der Waals surface area contributed by atoms with Gasteiger partial charge in [0.15, 0.2) is 0 Å². The Kier molecular flexibility index (Phi) is 5.35. The lowest BCUT2D eigenvalue weighted by Crippen LogP contribution is -2.14. The average molecular weight is 355 g/mol. The van der Waals surface area contributed by atoms with E-state index in [-0.39, 0.29) is 11.7 Å². The molecule has 0 bridgehead atoms. The van der Waals surface area contributed by atoms with E-state index in [1.54, 1.807) is 7.11 Å². The van der Waals surface area contributed by atoms with Crippen molar-refractivity contribution in [1.29, 1.82) is 0 Å². The van der Waals surface area contributed by atoms with Crippen molar-refractivity contribution >= 4 is 23.4 Å². The van der Waals surface area contributed by atoms with Crippen LogP contribution >= 0.6 is 11.8 Å². The molecule has 7 heteroatoms. The van der Waals surface area contributed by atoms with Crippen molar-refractivity contribution in [3.05, 3.63) is 54.1 Å². The first-order valence-electron chi connectivity index (χ1n) is 7.62. The lowest BCUT2D eigenvalue weighted by atomic mass is 10.2. The first-order valence-corrected chi connectivity index (χ1v) is 8.61. The van der Waals surface area contributed by atoms with E-state index in [4.69, 9.17) is 9.15 Å². The maximum Gasteiger partial charge on any atom is 0.277 e. The van der Waals surface area contributed by atoms with Gasteiger partial charge in [0.25, 0.3) is 11.1 Å². The van der Waals surface area contributed by atoms with Crippen LogP contribution in [0.1, 0.15) is 5.56 Å². The molecule has 6 nitrogen and oxygen atoms in total. The van der Waals surface area contributed by atoms with E-state index < -0.39 is 0 Å². The third kappa shape index (κ3) is 4.19. The number of hydrogen-bond donors (Lipinski definition) is 1. The highest BCUT2D eigenvalue weighted by molar-refractivity contribution is 7.99. The number of hydrogen-bond acceptors (Lipinski definition) is 6. The van der Waals surface area contributed by atoms with Gasteiger partial charge in [-0.3, -0.25) is 4.79 Å². The zero-order valence-corrected chi connectivity index (χ0v) is 14.7. The number of rotatable bonds is 6. The molecule has 0 spiro atoms. The summed E-state index contributed by atoms with van der Waals surface area (Å²) >= 11 is 1.19. The number of nitrogens with one attached hydrogen (secondary N) is 1. The molecule has 0 aliphatic carbocycles. The number of anilines is 1.